The number of hydrogen-bond acceptors (Lipinski definition) is 2. The van der Waals surface area contributed by atoms with Crippen molar-refractivity contribution in [3.8, 4) is 0 Å². The molecule has 1 aromatic carbocycles. The number of benzene rings is 1. The molecule has 5 nitrogen and oxygen atoms in total. The Hall–Kier alpha value is -1.27. The smallest absolute Gasteiger partial charge is 0.325 e. The van der Waals surface area contributed by atoms with E-state index in [2.05, 4.69) is 26.6 Å². The summed E-state index contributed by atoms with van der Waals surface area (Å²) in [7, 11) is 0. The van der Waals surface area contributed by atoms with Gasteiger partial charge in [0, 0.05) is 9.50 Å². The molecule has 0 aliphatic carbocycles. The largest absolute Gasteiger partial charge is 0.480 e. The summed E-state index contributed by atoms with van der Waals surface area (Å²) in [5.41, 5.74) is 0.465. The Kier molecular flexibility index (Phi) is 4.77. The molecule has 0 spiro atoms. The van der Waals surface area contributed by atoms with Gasteiger partial charge in [-0.25, -0.2) is 4.79 Å². The van der Waals surface area contributed by atoms with Crippen LogP contribution in [0.4, 0.5) is 10.5 Å². The molecule has 1 atom stereocenters. The van der Waals surface area contributed by atoms with E-state index < -0.39 is 18.0 Å². The second-order valence-electron chi connectivity index (χ2n) is 3.28. The summed E-state index contributed by atoms with van der Waals surface area (Å²) < 4.78 is 0.653. The van der Waals surface area contributed by atoms with Crippen molar-refractivity contribution >= 4 is 45.2 Å². The highest BCUT2D eigenvalue weighted by Crippen LogP contribution is 2.25. The van der Waals surface area contributed by atoms with Crippen molar-refractivity contribution in [2.24, 2.45) is 0 Å². The molecule has 0 fully saturated rings. The molecule has 7 heteroatoms. The summed E-state index contributed by atoms with van der Waals surface area (Å²) in [5, 5.41) is 13.8. The van der Waals surface area contributed by atoms with E-state index in [0.717, 1.165) is 0 Å². The van der Waals surface area contributed by atoms with E-state index >= 15 is 0 Å². The van der Waals surface area contributed by atoms with Gasteiger partial charge in [-0.1, -0.05) is 11.6 Å². The van der Waals surface area contributed by atoms with Crippen LogP contribution >= 0.6 is 27.5 Å². The van der Waals surface area contributed by atoms with Gasteiger partial charge < -0.3 is 15.7 Å². The summed E-state index contributed by atoms with van der Waals surface area (Å²) in [6.45, 7) is 1.37. The number of rotatable bonds is 3. The van der Waals surface area contributed by atoms with Gasteiger partial charge in [0.25, 0.3) is 0 Å². The van der Waals surface area contributed by atoms with Gasteiger partial charge in [0.1, 0.15) is 6.04 Å². The third kappa shape index (κ3) is 4.24. The lowest BCUT2D eigenvalue weighted by atomic mass is 10.3. The van der Waals surface area contributed by atoms with Crippen molar-refractivity contribution in [2.75, 3.05) is 5.32 Å². The third-order valence-corrected chi connectivity index (χ3v) is 2.82. The Bertz CT molecular complexity index is 453. The highest BCUT2D eigenvalue weighted by molar-refractivity contribution is 9.10. The number of halogens is 2. The van der Waals surface area contributed by atoms with Crippen LogP contribution in [0, 0.1) is 0 Å². The molecular weight excluding hydrogens is 311 g/mol. The molecule has 17 heavy (non-hydrogen) atoms. The normalized spacial score (nSPS) is 11.7. The number of hydrogen-bond donors (Lipinski definition) is 3. The summed E-state index contributed by atoms with van der Waals surface area (Å²) >= 11 is 9.01. The van der Waals surface area contributed by atoms with Crippen molar-refractivity contribution in [2.45, 2.75) is 13.0 Å². The Labute approximate surface area is 111 Å². The number of carbonyl (C=O) groups excluding carboxylic acids is 1. The van der Waals surface area contributed by atoms with Gasteiger partial charge >= 0.3 is 12.0 Å². The molecular formula is C10H10BrClN2O3. The van der Waals surface area contributed by atoms with Crippen molar-refractivity contribution in [3.63, 3.8) is 0 Å². The summed E-state index contributed by atoms with van der Waals surface area (Å²) in [5.74, 6) is -1.11. The molecule has 0 saturated carbocycles. The van der Waals surface area contributed by atoms with E-state index in [9.17, 15) is 9.59 Å². The molecule has 1 rings (SSSR count). The molecule has 1 aromatic rings. The van der Waals surface area contributed by atoms with Gasteiger partial charge in [-0.2, -0.15) is 0 Å². The van der Waals surface area contributed by atoms with Crippen LogP contribution in [0.25, 0.3) is 0 Å². The molecule has 92 valence electrons. The van der Waals surface area contributed by atoms with Crippen LogP contribution in [0.1, 0.15) is 6.92 Å². The lowest BCUT2D eigenvalue weighted by Gasteiger charge is -2.11. The number of carboxylic acids is 1. The van der Waals surface area contributed by atoms with E-state index in [1.165, 1.54) is 6.92 Å². The first-order valence-electron chi connectivity index (χ1n) is 4.65. The van der Waals surface area contributed by atoms with Gasteiger partial charge in [-0.3, -0.25) is 4.79 Å². The fourth-order valence-corrected chi connectivity index (χ4v) is 1.53. The maximum Gasteiger partial charge on any atom is 0.325 e. The van der Waals surface area contributed by atoms with Crippen molar-refractivity contribution < 1.29 is 14.7 Å². The Morgan fingerprint density at radius 2 is 2.12 bits per heavy atom. The van der Waals surface area contributed by atoms with Crippen LogP contribution in [0.15, 0.2) is 22.7 Å². The van der Waals surface area contributed by atoms with E-state index in [4.69, 9.17) is 16.7 Å². The average Bonchev–Trinajstić information content (AvgIpc) is 2.23. The standard InChI is InChI=1S/C10H10BrClN2O3/c1-5(9(15)16)13-10(17)14-8-4-6(12)2-3-7(8)11/h2-5H,1H3,(H,15,16)(H2,13,14,17)/t5-/m1/s1. The first kappa shape index (κ1) is 13.8. The quantitative estimate of drug-likeness (QED) is 0.801. The molecule has 0 aliphatic rings. The minimum Gasteiger partial charge on any atom is -0.480 e. The molecule has 0 bridgehead atoms. The van der Waals surface area contributed by atoms with Crippen molar-refractivity contribution in [1.29, 1.82) is 0 Å². The van der Waals surface area contributed by atoms with E-state index in [1.807, 2.05) is 0 Å². The maximum atomic E-state index is 11.4. The van der Waals surface area contributed by atoms with Gasteiger partial charge in [0.15, 0.2) is 0 Å². The van der Waals surface area contributed by atoms with Gasteiger partial charge in [0.2, 0.25) is 0 Å². The predicted molar refractivity (Wildman–Crippen MR) is 68.4 cm³/mol. The molecule has 0 heterocycles. The average molecular weight is 322 g/mol. The fourth-order valence-electron chi connectivity index (χ4n) is 1.01. The zero-order chi connectivity index (χ0) is 13.0. The van der Waals surface area contributed by atoms with Crippen LogP contribution in [0.5, 0.6) is 0 Å². The third-order valence-electron chi connectivity index (χ3n) is 1.89. The van der Waals surface area contributed by atoms with Crippen LogP contribution in [-0.4, -0.2) is 23.1 Å². The SMILES string of the molecule is C[C@@H](NC(=O)Nc1cc(Cl)ccc1Br)C(=O)O. The Morgan fingerprint density at radius 1 is 1.47 bits per heavy atom. The first-order chi connectivity index (χ1) is 7.90. The maximum absolute atomic E-state index is 11.4. The summed E-state index contributed by atoms with van der Waals surface area (Å²) in [6, 6.07) is 3.32. The Morgan fingerprint density at radius 3 is 2.71 bits per heavy atom. The minimum absolute atomic E-state index is 0.465. The topological polar surface area (TPSA) is 78.4 Å². The van der Waals surface area contributed by atoms with E-state index in [0.29, 0.717) is 15.2 Å². The van der Waals surface area contributed by atoms with Crippen LogP contribution in [0.3, 0.4) is 0 Å². The van der Waals surface area contributed by atoms with Crippen molar-refractivity contribution in [3.05, 3.63) is 27.7 Å². The number of carboxylic acid groups (broad SMARTS) is 1. The number of nitrogens with one attached hydrogen (secondary N) is 2. The number of carbonyl (C=O) groups is 2. The zero-order valence-corrected chi connectivity index (χ0v) is 11.2. The number of amides is 2. The second-order valence-corrected chi connectivity index (χ2v) is 4.57. The summed E-state index contributed by atoms with van der Waals surface area (Å²) in [4.78, 5) is 22.0. The van der Waals surface area contributed by atoms with E-state index in [-0.39, 0.29) is 0 Å². The molecule has 0 aliphatic heterocycles. The first-order valence-corrected chi connectivity index (χ1v) is 5.82. The highest BCUT2D eigenvalue weighted by Gasteiger charge is 2.14. The molecule has 2 amide bonds. The van der Waals surface area contributed by atoms with Gasteiger partial charge in [-0.15, -0.1) is 0 Å². The molecule has 0 unspecified atom stereocenters. The Balaban J connectivity index is 2.68. The number of aliphatic carboxylic acids is 1. The molecule has 3 N–H and O–H groups in total. The summed E-state index contributed by atoms with van der Waals surface area (Å²) in [6.07, 6.45) is 0. The van der Waals surface area contributed by atoms with Crippen molar-refractivity contribution in [1.82, 2.24) is 5.32 Å². The number of anilines is 1. The zero-order valence-electron chi connectivity index (χ0n) is 8.83. The van der Waals surface area contributed by atoms with Gasteiger partial charge in [-0.05, 0) is 41.1 Å². The van der Waals surface area contributed by atoms with Gasteiger partial charge in [0.05, 0.1) is 5.69 Å². The predicted octanol–water partition coefficient (Wildman–Crippen LogP) is 2.70. The molecule has 0 saturated heterocycles. The van der Waals surface area contributed by atoms with Crippen LogP contribution in [-0.2, 0) is 4.79 Å². The van der Waals surface area contributed by atoms with Crippen LogP contribution in [0.2, 0.25) is 5.02 Å². The lowest BCUT2D eigenvalue weighted by molar-refractivity contribution is -0.138. The monoisotopic (exact) mass is 320 g/mol. The second kappa shape index (κ2) is 5.88. The fraction of sp³-hybridized carbons (Fsp3) is 0.200. The van der Waals surface area contributed by atoms with Crippen LogP contribution < -0.4 is 10.6 Å². The molecule has 0 radical (unpaired) electrons. The molecule has 0 aromatic heterocycles. The number of urea groups is 1. The minimum atomic E-state index is -1.11. The van der Waals surface area contributed by atoms with E-state index in [1.54, 1.807) is 18.2 Å². The lowest BCUT2D eigenvalue weighted by Crippen LogP contribution is -2.40. The highest BCUT2D eigenvalue weighted by atomic mass is 79.9.